The van der Waals surface area contributed by atoms with E-state index >= 15 is 0 Å². The highest BCUT2D eigenvalue weighted by atomic mass is 16.4. The number of carbonyl (C=O) groups excluding carboxylic acids is 1. The normalized spacial score (nSPS) is 14.9. The Kier molecular flexibility index (Phi) is 7.72. The summed E-state index contributed by atoms with van der Waals surface area (Å²) in [6, 6.07) is 0. The van der Waals surface area contributed by atoms with Crippen LogP contribution in [-0.2, 0) is 4.79 Å². The summed E-state index contributed by atoms with van der Waals surface area (Å²) in [6.07, 6.45) is 7.41. The highest BCUT2D eigenvalue weighted by Crippen LogP contribution is 2.11. The zero-order valence-corrected chi connectivity index (χ0v) is 11.3. The van der Waals surface area contributed by atoms with E-state index in [1.165, 1.54) is 0 Å². The van der Waals surface area contributed by atoms with Gasteiger partial charge in [0.25, 0.3) is 0 Å². The van der Waals surface area contributed by atoms with E-state index in [1.807, 2.05) is 13.0 Å². The van der Waals surface area contributed by atoms with Crippen LogP contribution in [0.2, 0.25) is 0 Å². The lowest BCUT2D eigenvalue weighted by atomic mass is 10.0. The fraction of sp³-hybridized carbons (Fsp3) is 0.400. The van der Waals surface area contributed by atoms with Crippen LogP contribution in [0.5, 0.6) is 0 Å². The minimum absolute atomic E-state index is 0.461. The van der Waals surface area contributed by atoms with Crippen molar-refractivity contribution in [3.63, 3.8) is 0 Å². The molecule has 0 saturated heterocycles. The minimum Gasteiger partial charge on any atom is -0.545 e. The number of aliphatic hydroxyl groups excluding tert-OH is 1. The molecule has 0 spiro atoms. The zero-order chi connectivity index (χ0) is 14.1. The molecule has 0 amide bonds. The molecule has 0 aliphatic rings. The summed E-state index contributed by atoms with van der Waals surface area (Å²) in [4.78, 5) is 10.3. The van der Waals surface area contributed by atoms with Gasteiger partial charge in [-0.2, -0.15) is 0 Å². The summed E-state index contributed by atoms with van der Waals surface area (Å²) in [6.45, 7) is 9.16. The molecule has 0 radical (unpaired) electrons. The number of carboxylic acids is 1. The van der Waals surface area contributed by atoms with E-state index in [0.717, 1.165) is 23.6 Å². The molecular formula is C15H21O3-. The van der Waals surface area contributed by atoms with Gasteiger partial charge in [-0.15, -0.1) is 0 Å². The quantitative estimate of drug-likeness (QED) is 0.426. The lowest BCUT2D eigenvalue weighted by Crippen LogP contribution is -2.19. The number of carbonyl (C=O) groups is 1. The third-order valence-electron chi connectivity index (χ3n) is 2.47. The number of hydrogen-bond acceptors (Lipinski definition) is 3. The fourth-order valence-electron chi connectivity index (χ4n) is 1.29. The van der Waals surface area contributed by atoms with Crippen molar-refractivity contribution in [2.75, 3.05) is 0 Å². The van der Waals surface area contributed by atoms with Crippen LogP contribution in [0.15, 0.2) is 47.6 Å². The van der Waals surface area contributed by atoms with Gasteiger partial charge >= 0.3 is 0 Å². The first-order valence-electron chi connectivity index (χ1n) is 5.89. The molecule has 3 heteroatoms. The maximum Gasteiger partial charge on any atom is 0.0747 e. The van der Waals surface area contributed by atoms with Gasteiger partial charge in [0.2, 0.25) is 0 Å². The average molecular weight is 249 g/mol. The Morgan fingerprint density at radius 1 is 1.39 bits per heavy atom. The van der Waals surface area contributed by atoms with Gasteiger partial charge in [0, 0.05) is 0 Å². The molecule has 0 heterocycles. The van der Waals surface area contributed by atoms with E-state index in [-0.39, 0.29) is 0 Å². The van der Waals surface area contributed by atoms with Gasteiger partial charge in [-0.25, -0.2) is 0 Å². The highest BCUT2D eigenvalue weighted by Gasteiger charge is 2.03. The molecule has 1 unspecified atom stereocenters. The van der Waals surface area contributed by atoms with Crippen molar-refractivity contribution < 1.29 is 15.0 Å². The fourth-order valence-corrected chi connectivity index (χ4v) is 1.29. The molecule has 0 aromatic heterocycles. The van der Waals surface area contributed by atoms with Gasteiger partial charge in [0.1, 0.15) is 0 Å². The maximum atomic E-state index is 10.3. The number of aliphatic carboxylic acids is 1. The van der Waals surface area contributed by atoms with Crippen molar-refractivity contribution in [1.29, 1.82) is 0 Å². The molecule has 100 valence electrons. The van der Waals surface area contributed by atoms with E-state index < -0.39 is 12.1 Å². The molecular weight excluding hydrogens is 228 g/mol. The summed E-state index contributed by atoms with van der Waals surface area (Å²) in [7, 11) is 0. The van der Waals surface area contributed by atoms with E-state index in [1.54, 1.807) is 26.0 Å². The molecule has 0 aromatic rings. The highest BCUT2D eigenvalue weighted by molar-refractivity contribution is 5.79. The molecule has 1 atom stereocenters. The van der Waals surface area contributed by atoms with Crippen LogP contribution >= 0.6 is 0 Å². The molecule has 3 nitrogen and oxygen atoms in total. The monoisotopic (exact) mass is 249 g/mol. The Morgan fingerprint density at radius 2 is 2.00 bits per heavy atom. The molecule has 0 aromatic carbocycles. The minimum atomic E-state index is -1.19. The lowest BCUT2D eigenvalue weighted by molar-refractivity contribution is -0.297. The second-order valence-electron chi connectivity index (χ2n) is 4.48. The van der Waals surface area contributed by atoms with Crippen molar-refractivity contribution >= 4 is 5.97 Å². The molecule has 0 aliphatic heterocycles. The first-order valence-corrected chi connectivity index (χ1v) is 5.89. The van der Waals surface area contributed by atoms with Gasteiger partial charge in [0.15, 0.2) is 0 Å². The van der Waals surface area contributed by atoms with E-state index in [4.69, 9.17) is 0 Å². The van der Waals surface area contributed by atoms with Crippen LogP contribution in [0, 0.1) is 0 Å². The van der Waals surface area contributed by atoms with Crippen LogP contribution in [-0.4, -0.2) is 17.2 Å². The summed E-state index contributed by atoms with van der Waals surface area (Å²) in [5.74, 6) is -1.19. The first kappa shape index (κ1) is 16.4. The SMILES string of the molecule is C=C(C)C(O)CC/C(C)=C/C=C/C(C)=C/C(=O)[O-]. The third-order valence-corrected chi connectivity index (χ3v) is 2.47. The second kappa shape index (κ2) is 8.48. The predicted octanol–water partition coefficient (Wildman–Crippen LogP) is 1.90. The summed E-state index contributed by atoms with van der Waals surface area (Å²) >= 11 is 0. The number of allylic oxidation sites excluding steroid dienone is 5. The Hall–Kier alpha value is -1.61. The van der Waals surface area contributed by atoms with Crippen LogP contribution in [0.3, 0.4) is 0 Å². The van der Waals surface area contributed by atoms with Gasteiger partial charge in [-0.05, 0) is 45.3 Å². The summed E-state index contributed by atoms with van der Waals surface area (Å²) < 4.78 is 0. The van der Waals surface area contributed by atoms with Crippen LogP contribution in [0.1, 0.15) is 33.6 Å². The van der Waals surface area contributed by atoms with Crippen molar-refractivity contribution in [3.8, 4) is 0 Å². The largest absolute Gasteiger partial charge is 0.545 e. The topological polar surface area (TPSA) is 60.4 Å². The summed E-state index contributed by atoms with van der Waals surface area (Å²) in [5.41, 5.74) is 2.51. The lowest BCUT2D eigenvalue weighted by Gasteiger charge is -2.09. The molecule has 0 saturated carbocycles. The molecule has 1 N–H and O–H groups in total. The van der Waals surface area contributed by atoms with E-state index in [2.05, 4.69) is 6.58 Å². The predicted molar refractivity (Wildman–Crippen MR) is 71.7 cm³/mol. The van der Waals surface area contributed by atoms with Gasteiger partial charge < -0.3 is 15.0 Å². The van der Waals surface area contributed by atoms with Crippen LogP contribution < -0.4 is 5.11 Å². The average Bonchev–Trinajstić information content (AvgIpc) is 2.24. The maximum absolute atomic E-state index is 10.3. The molecule has 0 rings (SSSR count). The van der Waals surface area contributed by atoms with Gasteiger partial charge in [-0.3, -0.25) is 0 Å². The van der Waals surface area contributed by atoms with Gasteiger partial charge in [0.05, 0.1) is 12.1 Å². The molecule has 0 aliphatic carbocycles. The van der Waals surface area contributed by atoms with Crippen molar-refractivity contribution in [2.24, 2.45) is 0 Å². The first-order chi connectivity index (χ1) is 8.32. The Morgan fingerprint density at radius 3 is 2.50 bits per heavy atom. The van der Waals surface area contributed by atoms with Gasteiger partial charge in [-0.1, -0.05) is 36.0 Å². The number of rotatable bonds is 7. The number of hydrogen-bond donors (Lipinski definition) is 1. The Balaban J connectivity index is 4.23. The van der Waals surface area contributed by atoms with E-state index in [0.29, 0.717) is 12.0 Å². The van der Waals surface area contributed by atoms with Crippen molar-refractivity contribution in [2.45, 2.75) is 39.7 Å². The Bertz CT molecular complexity index is 387. The zero-order valence-electron chi connectivity index (χ0n) is 11.3. The van der Waals surface area contributed by atoms with Crippen LogP contribution in [0.4, 0.5) is 0 Å². The third kappa shape index (κ3) is 8.53. The van der Waals surface area contributed by atoms with Crippen LogP contribution in [0.25, 0.3) is 0 Å². The summed E-state index contributed by atoms with van der Waals surface area (Å²) in [5, 5.41) is 19.8. The number of carboxylic acid groups (broad SMARTS) is 1. The molecule has 0 fully saturated rings. The molecule has 18 heavy (non-hydrogen) atoms. The standard InChI is InChI=1S/C15H22O3/c1-11(2)14(16)9-8-12(3)6-5-7-13(4)10-15(17)18/h5-7,10,14,16H,1,8-9H2,2-4H3,(H,17,18)/p-1/b7-5+,12-6+,13-10+. The molecule has 0 bridgehead atoms. The van der Waals surface area contributed by atoms with Crippen molar-refractivity contribution in [3.05, 3.63) is 47.6 Å². The Labute approximate surface area is 109 Å². The second-order valence-corrected chi connectivity index (χ2v) is 4.48. The van der Waals surface area contributed by atoms with Crippen molar-refractivity contribution in [1.82, 2.24) is 0 Å². The smallest absolute Gasteiger partial charge is 0.0747 e. The van der Waals surface area contributed by atoms with E-state index in [9.17, 15) is 15.0 Å². The number of aliphatic hydroxyl groups is 1.